The van der Waals surface area contributed by atoms with Crippen molar-refractivity contribution in [3.63, 3.8) is 0 Å². The number of benzene rings is 2. The molecule has 3 heterocycles. The molecule has 0 saturated heterocycles. The van der Waals surface area contributed by atoms with Crippen molar-refractivity contribution in [2.75, 3.05) is 34.6 Å². The Morgan fingerprint density at radius 3 is 2.61 bits per heavy atom. The molecule has 0 fully saturated rings. The number of cyclic esters (lactones) is 1. The third kappa shape index (κ3) is 2.36. The van der Waals surface area contributed by atoms with Crippen LogP contribution in [0.25, 0.3) is 0 Å². The van der Waals surface area contributed by atoms with Crippen LogP contribution in [0.4, 0.5) is 0 Å². The highest BCUT2D eigenvalue weighted by atomic mass is 16.7. The monoisotopic (exact) mass is 383 g/mol. The molecule has 0 bridgehead atoms. The topological polar surface area (TPSA) is 66.5 Å². The third-order valence-corrected chi connectivity index (χ3v) is 5.77. The standard InChI is InChI=1S/C21H21NO6/c1-22-7-6-11-8-15-16(27-10-26-15)9-13(11)18(22)19-12-4-5-14(24-2)20(25-3)17(12)21(23)28-19/h4-5,8-9,18-19H,6-7,10H2,1-3H3/t18-,19-/m1/s1. The van der Waals surface area contributed by atoms with Gasteiger partial charge in [0.2, 0.25) is 6.79 Å². The van der Waals surface area contributed by atoms with Gasteiger partial charge >= 0.3 is 5.97 Å². The van der Waals surface area contributed by atoms with Crippen molar-refractivity contribution in [2.24, 2.45) is 0 Å². The zero-order chi connectivity index (χ0) is 19.4. The second-order valence-corrected chi connectivity index (χ2v) is 7.17. The SMILES string of the molecule is COc1ccc2c(c1OC)C(=O)O[C@H]2[C@H]1c2cc3c(cc2CCN1C)OCO3. The molecule has 0 aromatic heterocycles. The van der Waals surface area contributed by atoms with E-state index in [2.05, 4.69) is 4.90 Å². The molecule has 0 saturated carbocycles. The Morgan fingerprint density at radius 1 is 1.07 bits per heavy atom. The van der Waals surface area contributed by atoms with Gasteiger partial charge in [-0.1, -0.05) is 6.07 Å². The molecule has 3 aliphatic heterocycles. The molecule has 2 atom stereocenters. The molecule has 3 aliphatic rings. The highest BCUT2D eigenvalue weighted by Crippen LogP contribution is 2.50. The smallest absolute Gasteiger partial charge is 0.343 e. The minimum atomic E-state index is -0.438. The maximum Gasteiger partial charge on any atom is 0.343 e. The number of nitrogens with zero attached hydrogens (tertiary/aromatic N) is 1. The molecule has 28 heavy (non-hydrogen) atoms. The molecular formula is C21H21NO6. The van der Waals surface area contributed by atoms with Crippen LogP contribution >= 0.6 is 0 Å². The van der Waals surface area contributed by atoms with Gasteiger partial charge in [0.25, 0.3) is 0 Å². The minimum Gasteiger partial charge on any atom is -0.493 e. The van der Waals surface area contributed by atoms with Crippen molar-refractivity contribution < 1.29 is 28.5 Å². The Hall–Kier alpha value is -2.93. The summed E-state index contributed by atoms with van der Waals surface area (Å²) in [5, 5.41) is 0. The Balaban J connectivity index is 1.63. The van der Waals surface area contributed by atoms with E-state index >= 15 is 0 Å². The number of hydrogen-bond donors (Lipinski definition) is 0. The van der Waals surface area contributed by atoms with Crippen LogP contribution in [-0.2, 0) is 11.2 Å². The van der Waals surface area contributed by atoms with Crippen molar-refractivity contribution in [2.45, 2.75) is 18.6 Å². The second kappa shape index (κ2) is 6.31. The van der Waals surface area contributed by atoms with Crippen LogP contribution in [0.5, 0.6) is 23.0 Å². The first-order valence-corrected chi connectivity index (χ1v) is 9.21. The lowest BCUT2D eigenvalue weighted by atomic mass is 9.86. The molecule has 0 spiro atoms. The average Bonchev–Trinajstić information content (AvgIpc) is 3.29. The van der Waals surface area contributed by atoms with Crippen LogP contribution in [0.3, 0.4) is 0 Å². The molecule has 7 heteroatoms. The van der Waals surface area contributed by atoms with Gasteiger partial charge in [0.1, 0.15) is 11.7 Å². The van der Waals surface area contributed by atoms with Crippen molar-refractivity contribution in [1.82, 2.24) is 4.90 Å². The predicted octanol–water partition coefficient (Wildman–Crippen LogP) is 2.87. The first-order valence-electron chi connectivity index (χ1n) is 9.21. The Morgan fingerprint density at radius 2 is 1.86 bits per heavy atom. The van der Waals surface area contributed by atoms with Gasteiger partial charge in [0.05, 0.1) is 20.3 Å². The van der Waals surface area contributed by atoms with E-state index in [0.29, 0.717) is 17.1 Å². The molecule has 7 nitrogen and oxygen atoms in total. The van der Waals surface area contributed by atoms with Crippen molar-refractivity contribution >= 4 is 5.97 Å². The molecule has 0 amide bonds. The molecule has 146 valence electrons. The van der Waals surface area contributed by atoms with E-state index in [4.69, 9.17) is 23.7 Å². The molecule has 5 rings (SSSR count). The van der Waals surface area contributed by atoms with Gasteiger partial charge in [-0.3, -0.25) is 4.90 Å². The molecular weight excluding hydrogens is 362 g/mol. The number of likely N-dealkylation sites (N-methyl/N-ethyl adjacent to an activating group) is 1. The number of carbonyl (C=O) groups is 1. The third-order valence-electron chi connectivity index (χ3n) is 5.77. The Bertz CT molecular complexity index is 972. The van der Waals surface area contributed by atoms with Gasteiger partial charge in [0, 0.05) is 12.1 Å². The van der Waals surface area contributed by atoms with E-state index in [9.17, 15) is 4.79 Å². The summed E-state index contributed by atoms with van der Waals surface area (Å²) in [6, 6.07) is 7.65. The summed E-state index contributed by atoms with van der Waals surface area (Å²) in [7, 11) is 5.13. The van der Waals surface area contributed by atoms with Gasteiger partial charge < -0.3 is 23.7 Å². The maximum absolute atomic E-state index is 12.8. The van der Waals surface area contributed by atoms with E-state index in [1.165, 1.54) is 12.7 Å². The highest BCUT2D eigenvalue weighted by Gasteiger charge is 2.44. The molecule has 0 radical (unpaired) electrons. The lowest BCUT2D eigenvalue weighted by molar-refractivity contribution is 0.00935. The van der Waals surface area contributed by atoms with Crippen LogP contribution in [0.1, 0.15) is 39.2 Å². The summed E-state index contributed by atoms with van der Waals surface area (Å²) in [4.78, 5) is 15.0. The molecule has 0 aliphatic carbocycles. The molecule has 0 N–H and O–H groups in total. The average molecular weight is 383 g/mol. The lowest BCUT2D eigenvalue weighted by Crippen LogP contribution is -2.36. The van der Waals surface area contributed by atoms with Crippen molar-refractivity contribution in [1.29, 1.82) is 0 Å². The van der Waals surface area contributed by atoms with Gasteiger partial charge in [-0.2, -0.15) is 0 Å². The first-order chi connectivity index (χ1) is 13.6. The van der Waals surface area contributed by atoms with Crippen LogP contribution in [0.15, 0.2) is 24.3 Å². The number of carbonyl (C=O) groups excluding carboxylic acids is 1. The van der Waals surface area contributed by atoms with E-state index < -0.39 is 12.1 Å². The fourth-order valence-corrected chi connectivity index (χ4v) is 4.42. The number of hydrogen-bond acceptors (Lipinski definition) is 7. The highest BCUT2D eigenvalue weighted by molar-refractivity contribution is 5.98. The van der Waals surface area contributed by atoms with Crippen molar-refractivity contribution in [3.8, 4) is 23.0 Å². The first kappa shape index (κ1) is 17.2. The van der Waals surface area contributed by atoms with E-state index in [0.717, 1.165) is 35.6 Å². The fourth-order valence-electron chi connectivity index (χ4n) is 4.42. The van der Waals surface area contributed by atoms with Gasteiger partial charge in [-0.15, -0.1) is 0 Å². The number of ether oxygens (including phenoxy) is 5. The summed E-state index contributed by atoms with van der Waals surface area (Å²) in [6.45, 7) is 1.09. The summed E-state index contributed by atoms with van der Waals surface area (Å²) < 4.78 is 27.8. The number of esters is 1. The quantitative estimate of drug-likeness (QED) is 0.755. The largest absolute Gasteiger partial charge is 0.493 e. The van der Waals surface area contributed by atoms with E-state index in [-0.39, 0.29) is 12.8 Å². The summed E-state index contributed by atoms with van der Waals surface area (Å²) in [6.07, 6.45) is 0.463. The summed E-state index contributed by atoms with van der Waals surface area (Å²) in [5.74, 6) is 2.04. The molecule has 2 aromatic carbocycles. The minimum absolute atomic E-state index is 0.124. The van der Waals surface area contributed by atoms with Crippen LogP contribution in [0.2, 0.25) is 0 Å². The predicted molar refractivity (Wildman–Crippen MR) is 99.3 cm³/mol. The Kier molecular flexibility index (Phi) is 3.87. The van der Waals surface area contributed by atoms with E-state index in [1.807, 2.05) is 31.3 Å². The maximum atomic E-state index is 12.8. The Labute approximate surface area is 162 Å². The van der Waals surface area contributed by atoms with Gasteiger partial charge in [-0.05, 0) is 42.8 Å². The second-order valence-electron chi connectivity index (χ2n) is 7.17. The van der Waals surface area contributed by atoms with Crippen LogP contribution in [-0.4, -0.2) is 45.5 Å². The van der Waals surface area contributed by atoms with E-state index in [1.54, 1.807) is 7.11 Å². The summed E-state index contributed by atoms with van der Waals surface area (Å²) in [5.41, 5.74) is 3.54. The normalized spacial score (nSPS) is 22.5. The van der Waals surface area contributed by atoms with Crippen LogP contribution in [0, 0.1) is 0 Å². The van der Waals surface area contributed by atoms with Gasteiger partial charge in [0.15, 0.2) is 23.0 Å². The van der Waals surface area contributed by atoms with Crippen molar-refractivity contribution in [3.05, 3.63) is 46.5 Å². The number of methoxy groups -OCH3 is 2. The number of fused-ring (bicyclic) bond motifs is 3. The van der Waals surface area contributed by atoms with Gasteiger partial charge in [-0.25, -0.2) is 4.79 Å². The molecule has 0 unspecified atom stereocenters. The zero-order valence-corrected chi connectivity index (χ0v) is 16.0. The number of rotatable bonds is 3. The fraction of sp³-hybridized carbons (Fsp3) is 0.381. The lowest BCUT2D eigenvalue weighted by Gasteiger charge is -2.37. The molecule has 2 aromatic rings. The zero-order valence-electron chi connectivity index (χ0n) is 16.0. The van der Waals surface area contributed by atoms with Crippen LogP contribution < -0.4 is 18.9 Å². The summed E-state index contributed by atoms with van der Waals surface area (Å²) >= 11 is 0.